The van der Waals surface area contributed by atoms with E-state index < -0.39 is 0 Å². The number of hydrogen-bond acceptors (Lipinski definition) is 2. The fourth-order valence-corrected chi connectivity index (χ4v) is 3.34. The van der Waals surface area contributed by atoms with Gasteiger partial charge in [-0.05, 0) is 25.7 Å². The fourth-order valence-electron chi connectivity index (χ4n) is 2.43. The van der Waals surface area contributed by atoms with E-state index in [4.69, 9.17) is 0 Å². The third-order valence-electron chi connectivity index (χ3n) is 3.27. The maximum Gasteiger partial charge on any atom is 0.237 e. The third kappa shape index (κ3) is 5.96. The standard InChI is InChI=1S/C14H24Br2N2O/c1-9(2)17-10(3)14(19)18-13-5-11(7-15)4-12(6-13)8-16/h5,9-10,12-13,17H,4,6-8H2,1-3H3,(H,18,19)/t10-,12?,13?/m0/s1. The van der Waals surface area contributed by atoms with Crippen molar-refractivity contribution in [3.8, 4) is 0 Å². The Kier molecular flexibility index (Phi) is 7.62. The van der Waals surface area contributed by atoms with Gasteiger partial charge in [0.25, 0.3) is 0 Å². The number of amides is 1. The Morgan fingerprint density at radius 3 is 2.63 bits per heavy atom. The zero-order valence-electron chi connectivity index (χ0n) is 11.9. The van der Waals surface area contributed by atoms with Gasteiger partial charge >= 0.3 is 0 Å². The monoisotopic (exact) mass is 394 g/mol. The van der Waals surface area contributed by atoms with E-state index in [1.165, 1.54) is 5.57 Å². The number of carbonyl (C=O) groups is 1. The molecule has 2 unspecified atom stereocenters. The van der Waals surface area contributed by atoms with Crippen molar-refractivity contribution in [3.63, 3.8) is 0 Å². The van der Waals surface area contributed by atoms with Crippen molar-refractivity contribution in [1.82, 2.24) is 10.6 Å². The minimum atomic E-state index is -0.148. The molecule has 1 aliphatic rings. The normalized spacial score (nSPS) is 25.1. The van der Waals surface area contributed by atoms with Gasteiger partial charge in [0.2, 0.25) is 5.91 Å². The highest BCUT2D eigenvalue weighted by atomic mass is 79.9. The summed E-state index contributed by atoms with van der Waals surface area (Å²) >= 11 is 7.07. The highest BCUT2D eigenvalue weighted by molar-refractivity contribution is 9.09. The molecule has 0 saturated heterocycles. The molecule has 0 fully saturated rings. The number of hydrogen-bond donors (Lipinski definition) is 2. The lowest BCUT2D eigenvalue weighted by atomic mass is 9.88. The van der Waals surface area contributed by atoms with Crippen molar-refractivity contribution < 1.29 is 4.79 Å². The van der Waals surface area contributed by atoms with Crippen LogP contribution in [0.5, 0.6) is 0 Å². The Balaban J connectivity index is 2.57. The van der Waals surface area contributed by atoms with Crippen molar-refractivity contribution in [1.29, 1.82) is 0 Å². The molecule has 19 heavy (non-hydrogen) atoms. The maximum absolute atomic E-state index is 12.1. The minimum absolute atomic E-state index is 0.0825. The number of carbonyl (C=O) groups excluding carboxylic acids is 1. The topological polar surface area (TPSA) is 41.1 Å². The molecule has 0 bridgehead atoms. The van der Waals surface area contributed by atoms with Crippen LogP contribution in [-0.2, 0) is 4.79 Å². The van der Waals surface area contributed by atoms with Gasteiger partial charge in [-0.2, -0.15) is 0 Å². The van der Waals surface area contributed by atoms with E-state index in [0.717, 1.165) is 23.5 Å². The third-order valence-corrected chi connectivity index (χ3v) is 4.91. The van der Waals surface area contributed by atoms with Crippen LogP contribution in [-0.4, -0.2) is 34.7 Å². The molecule has 0 aromatic carbocycles. The van der Waals surface area contributed by atoms with Gasteiger partial charge in [0.15, 0.2) is 0 Å². The summed E-state index contributed by atoms with van der Waals surface area (Å²) in [6.07, 6.45) is 4.33. The second kappa shape index (κ2) is 8.42. The van der Waals surface area contributed by atoms with Crippen molar-refractivity contribution >= 4 is 37.8 Å². The SMILES string of the molecule is CC(C)N[C@@H](C)C(=O)NC1C=C(CBr)CC(CBr)C1. The van der Waals surface area contributed by atoms with Gasteiger partial charge < -0.3 is 10.6 Å². The van der Waals surface area contributed by atoms with E-state index in [1.807, 2.05) is 20.8 Å². The van der Waals surface area contributed by atoms with E-state index in [9.17, 15) is 4.79 Å². The summed E-state index contributed by atoms with van der Waals surface area (Å²) in [5.74, 6) is 0.690. The molecule has 3 atom stereocenters. The molecule has 0 spiro atoms. The van der Waals surface area contributed by atoms with E-state index in [0.29, 0.717) is 12.0 Å². The molecule has 1 aliphatic carbocycles. The number of allylic oxidation sites excluding steroid dienone is 1. The van der Waals surface area contributed by atoms with Gasteiger partial charge in [-0.15, -0.1) is 0 Å². The van der Waals surface area contributed by atoms with Crippen LogP contribution in [0.3, 0.4) is 0 Å². The van der Waals surface area contributed by atoms with Crippen LogP contribution < -0.4 is 10.6 Å². The fraction of sp³-hybridized carbons (Fsp3) is 0.786. The zero-order valence-corrected chi connectivity index (χ0v) is 15.1. The molecule has 3 nitrogen and oxygen atoms in total. The molecule has 5 heteroatoms. The first-order chi connectivity index (χ1) is 8.96. The molecule has 110 valence electrons. The summed E-state index contributed by atoms with van der Waals surface area (Å²) in [6.45, 7) is 6.01. The highest BCUT2D eigenvalue weighted by Gasteiger charge is 2.24. The first kappa shape index (κ1) is 17.2. The molecule has 0 radical (unpaired) electrons. The molecule has 2 N–H and O–H groups in total. The first-order valence-electron chi connectivity index (χ1n) is 6.84. The molecular weight excluding hydrogens is 372 g/mol. The van der Waals surface area contributed by atoms with Crippen LogP contribution in [0.1, 0.15) is 33.6 Å². The van der Waals surface area contributed by atoms with Crippen LogP contribution >= 0.6 is 31.9 Å². The Morgan fingerprint density at radius 1 is 1.42 bits per heavy atom. The quantitative estimate of drug-likeness (QED) is 0.536. The molecule has 0 aliphatic heterocycles. The summed E-state index contributed by atoms with van der Waals surface area (Å²) in [4.78, 5) is 12.1. The number of nitrogens with one attached hydrogen (secondary N) is 2. The summed E-state index contributed by atoms with van der Waals surface area (Å²) < 4.78 is 0. The lowest BCUT2D eigenvalue weighted by molar-refractivity contribution is -0.123. The second-order valence-corrected chi connectivity index (χ2v) is 6.79. The van der Waals surface area contributed by atoms with Crippen molar-refractivity contribution in [3.05, 3.63) is 11.6 Å². The summed E-state index contributed by atoms with van der Waals surface area (Å²) in [5, 5.41) is 8.25. The number of rotatable bonds is 6. The van der Waals surface area contributed by atoms with E-state index in [2.05, 4.69) is 48.6 Å². The predicted molar refractivity (Wildman–Crippen MR) is 88.1 cm³/mol. The highest BCUT2D eigenvalue weighted by Crippen LogP contribution is 2.27. The van der Waals surface area contributed by atoms with E-state index >= 15 is 0 Å². The molecule has 0 saturated carbocycles. The molecule has 1 amide bonds. The van der Waals surface area contributed by atoms with Gasteiger partial charge in [-0.3, -0.25) is 4.79 Å². The summed E-state index contributed by atoms with van der Waals surface area (Å²) in [7, 11) is 0. The number of halogens is 2. The van der Waals surface area contributed by atoms with Crippen LogP contribution in [0.25, 0.3) is 0 Å². The Hall–Kier alpha value is 0.130. The molecule has 0 heterocycles. The van der Waals surface area contributed by atoms with Gasteiger partial charge in [0.05, 0.1) is 6.04 Å². The lowest BCUT2D eigenvalue weighted by Gasteiger charge is -2.29. The second-order valence-electron chi connectivity index (χ2n) is 5.58. The van der Waals surface area contributed by atoms with Gasteiger partial charge in [-0.25, -0.2) is 0 Å². The van der Waals surface area contributed by atoms with E-state index in [1.54, 1.807) is 0 Å². The van der Waals surface area contributed by atoms with E-state index in [-0.39, 0.29) is 18.0 Å². The zero-order chi connectivity index (χ0) is 14.4. The maximum atomic E-state index is 12.1. The van der Waals surface area contributed by atoms with Crippen molar-refractivity contribution in [2.24, 2.45) is 5.92 Å². The van der Waals surface area contributed by atoms with Gasteiger partial charge in [-0.1, -0.05) is 57.4 Å². The summed E-state index contributed by atoms with van der Waals surface area (Å²) in [5.41, 5.74) is 1.38. The van der Waals surface area contributed by atoms with Crippen LogP contribution in [0, 0.1) is 5.92 Å². The van der Waals surface area contributed by atoms with Crippen molar-refractivity contribution in [2.45, 2.75) is 51.7 Å². The molecular formula is C14H24Br2N2O. The molecule has 0 aromatic rings. The smallest absolute Gasteiger partial charge is 0.237 e. The Labute approximate surface area is 133 Å². The average molecular weight is 396 g/mol. The van der Waals surface area contributed by atoms with Gasteiger partial charge in [0, 0.05) is 22.7 Å². The largest absolute Gasteiger partial charge is 0.349 e. The first-order valence-corrected chi connectivity index (χ1v) is 9.08. The molecule has 1 rings (SSSR count). The van der Waals surface area contributed by atoms with Crippen LogP contribution in [0.2, 0.25) is 0 Å². The van der Waals surface area contributed by atoms with Crippen molar-refractivity contribution in [2.75, 3.05) is 10.7 Å². The number of alkyl halides is 2. The van der Waals surface area contributed by atoms with Crippen LogP contribution in [0.4, 0.5) is 0 Å². The lowest BCUT2D eigenvalue weighted by Crippen LogP contribution is -2.48. The summed E-state index contributed by atoms with van der Waals surface area (Å²) in [6, 6.07) is 0.328. The molecule has 0 aromatic heterocycles. The Bertz CT molecular complexity index is 331. The van der Waals surface area contributed by atoms with Gasteiger partial charge in [0.1, 0.15) is 0 Å². The Morgan fingerprint density at radius 2 is 2.11 bits per heavy atom. The minimum Gasteiger partial charge on any atom is -0.349 e. The predicted octanol–water partition coefficient (Wildman–Crippen LogP) is 2.98. The average Bonchev–Trinajstić information content (AvgIpc) is 2.37. The van der Waals surface area contributed by atoms with Crippen LogP contribution in [0.15, 0.2) is 11.6 Å².